The van der Waals surface area contributed by atoms with Crippen LogP contribution in [0, 0.1) is 0 Å². The van der Waals surface area contributed by atoms with Crippen molar-refractivity contribution in [3.63, 3.8) is 0 Å². The molecule has 0 spiro atoms. The summed E-state index contributed by atoms with van der Waals surface area (Å²) in [6.07, 6.45) is -29.8. The smallest absolute Gasteiger partial charge is 0.187 e. The minimum absolute atomic E-state index is 0.919. The molecule has 17 nitrogen and oxygen atoms in total. The Labute approximate surface area is 235 Å². The van der Waals surface area contributed by atoms with E-state index in [1.54, 1.807) is 0 Å². The molecule has 20 atom stereocenters. The molecule has 4 fully saturated rings. The van der Waals surface area contributed by atoms with Gasteiger partial charge in [-0.1, -0.05) is 0 Å². The number of hydrogen-bond donors (Lipinski definition) is 10. The minimum Gasteiger partial charge on any atom is -0.388 e. The third-order valence-electron chi connectivity index (χ3n) is 8.05. The van der Waals surface area contributed by atoms with Gasteiger partial charge in [-0.2, -0.15) is 0 Å². The zero-order valence-corrected chi connectivity index (χ0v) is 22.9. The Hall–Kier alpha value is -0.680. The maximum Gasteiger partial charge on any atom is 0.187 e. The summed E-state index contributed by atoms with van der Waals surface area (Å²) in [6, 6.07) is 0. The molecule has 41 heavy (non-hydrogen) atoms. The van der Waals surface area contributed by atoms with Crippen LogP contribution in [-0.4, -0.2) is 174 Å². The summed E-state index contributed by atoms with van der Waals surface area (Å²) in [7, 11) is 0. The number of ether oxygens (including phenoxy) is 7. The van der Waals surface area contributed by atoms with E-state index in [1.165, 1.54) is 27.7 Å². The van der Waals surface area contributed by atoms with Crippen molar-refractivity contribution >= 4 is 0 Å². The first-order valence-corrected chi connectivity index (χ1v) is 13.5. The molecule has 0 radical (unpaired) electrons. The van der Waals surface area contributed by atoms with Gasteiger partial charge in [0.15, 0.2) is 25.2 Å². The van der Waals surface area contributed by atoms with Crippen molar-refractivity contribution in [3.8, 4) is 0 Å². The third kappa shape index (κ3) is 6.57. The largest absolute Gasteiger partial charge is 0.388 e. The molecule has 0 aliphatic carbocycles. The van der Waals surface area contributed by atoms with Crippen LogP contribution in [0.15, 0.2) is 0 Å². The van der Waals surface area contributed by atoms with Gasteiger partial charge in [0.2, 0.25) is 0 Å². The van der Waals surface area contributed by atoms with E-state index < -0.39 is 123 Å². The van der Waals surface area contributed by atoms with Crippen LogP contribution in [0.3, 0.4) is 0 Å². The molecular weight excluding hydrogens is 560 g/mol. The van der Waals surface area contributed by atoms with Crippen LogP contribution >= 0.6 is 0 Å². The maximum atomic E-state index is 11.1. The van der Waals surface area contributed by atoms with Gasteiger partial charge in [-0.15, -0.1) is 0 Å². The van der Waals surface area contributed by atoms with Crippen molar-refractivity contribution in [3.05, 3.63) is 0 Å². The standard InChI is InChI=1S/C24H42O17/c1-5-10(26)14(30)19(21(34)35-5)40-23-17(33)18(12(28)8(4)37-23)39-24-20(15(31)11(27)7(3)38-24)41-22-16(32)13(29)9(25)6(2)36-22/h5-34H,1-4H3/t5-,6-,7-,8-,9+,10+,11+,12+,13+,14+,15+,16+,17+,18+,19+,20+,21+,22-,23-,24-/m0/s1. The number of rotatable bonds is 6. The lowest BCUT2D eigenvalue weighted by Crippen LogP contribution is -2.66. The Bertz CT molecular complexity index is 853. The van der Waals surface area contributed by atoms with Crippen LogP contribution in [0.4, 0.5) is 0 Å². The predicted molar refractivity (Wildman–Crippen MR) is 128 cm³/mol. The first kappa shape index (κ1) is 33.2. The summed E-state index contributed by atoms with van der Waals surface area (Å²) in [5.41, 5.74) is 0. The Balaban J connectivity index is 1.52. The highest BCUT2D eigenvalue weighted by atomic mass is 16.8. The van der Waals surface area contributed by atoms with Crippen LogP contribution in [0.25, 0.3) is 0 Å². The SMILES string of the molecule is C[C@@H]1O[C@@H](O[C@H]2[C@H](O[C@H]3[C@@H](O)[C@H](O[C@@H]4[C@H](O)[C@H](O)[C@H](C)O[C@H]4O)O[C@@H](C)[C@H]3O)O[C@@H](C)[C@@H](O)[C@H]2O)[C@H](O)[C@H](O)[C@@H]1O. The van der Waals surface area contributed by atoms with Crippen molar-refractivity contribution < 1.29 is 84.2 Å². The molecule has 4 rings (SSSR count). The van der Waals surface area contributed by atoms with E-state index in [0.29, 0.717) is 0 Å². The average Bonchev–Trinajstić information content (AvgIpc) is 2.92. The van der Waals surface area contributed by atoms with E-state index >= 15 is 0 Å². The molecule has 0 amide bonds. The van der Waals surface area contributed by atoms with Crippen molar-refractivity contribution in [1.29, 1.82) is 0 Å². The second-order valence-corrected chi connectivity index (χ2v) is 11.1. The second kappa shape index (κ2) is 13.1. The van der Waals surface area contributed by atoms with Gasteiger partial charge >= 0.3 is 0 Å². The highest BCUT2D eigenvalue weighted by Gasteiger charge is 2.54. The summed E-state index contributed by atoms with van der Waals surface area (Å²) in [5, 5.41) is 104. The van der Waals surface area contributed by atoms with E-state index in [4.69, 9.17) is 33.2 Å². The summed E-state index contributed by atoms with van der Waals surface area (Å²) in [4.78, 5) is 0. The Morgan fingerprint density at radius 3 is 1.32 bits per heavy atom. The van der Waals surface area contributed by atoms with Crippen molar-refractivity contribution in [1.82, 2.24) is 0 Å². The number of aliphatic hydroxyl groups is 10. The van der Waals surface area contributed by atoms with Gasteiger partial charge in [-0.3, -0.25) is 0 Å². The molecule has 0 bridgehead atoms. The van der Waals surface area contributed by atoms with Crippen LogP contribution in [0.2, 0.25) is 0 Å². The molecule has 4 heterocycles. The quantitative estimate of drug-likeness (QED) is 0.136. The fourth-order valence-electron chi connectivity index (χ4n) is 5.28. The summed E-state index contributed by atoms with van der Waals surface area (Å²) < 4.78 is 38.9. The topological polar surface area (TPSA) is 267 Å². The fourth-order valence-corrected chi connectivity index (χ4v) is 5.28. The molecule has 0 aromatic carbocycles. The Morgan fingerprint density at radius 2 is 0.732 bits per heavy atom. The monoisotopic (exact) mass is 602 g/mol. The van der Waals surface area contributed by atoms with Crippen LogP contribution < -0.4 is 0 Å². The first-order valence-electron chi connectivity index (χ1n) is 13.5. The van der Waals surface area contributed by atoms with Crippen LogP contribution in [-0.2, 0) is 33.2 Å². The summed E-state index contributed by atoms with van der Waals surface area (Å²) in [6.45, 7) is 5.67. The normalized spacial score (nSPS) is 56.9. The molecule has 0 unspecified atom stereocenters. The number of aliphatic hydroxyl groups excluding tert-OH is 10. The van der Waals surface area contributed by atoms with Gasteiger partial charge < -0.3 is 84.2 Å². The lowest BCUT2D eigenvalue weighted by Gasteiger charge is -2.48. The van der Waals surface area contributed by atoms with Crippen molar-refractivity contribution in [2.45, 2.75) is 151 Å². The van der Waals surface area contributed by atoms with E-state index in [1.807, 2.05) is 0 Å². The fraction of sp³-hybridized carbons (Fsp3) is 1.00. The molecule has 4 aliphatic rings. The van der Waals surface area contributed by atoms with Gasteiger partial charge in [0.05, 0.1) is 24.4 Å². The van der Waals surface area contributed by atoms with Gasteiger partial charge in [0.1, 0.15) is 73.2 Å². The molecule has 4 aliphatic heterocycles. The van der Waals surface area contributed by atoms with E-state index in [9.17, 15) is 51.1 Å². The van der Waals surface area contributed by atoms with Gasteiger partial charge in [-0.25, -0.2) is 0 Å². The third-order valence-corrected chi connectivity index (χ3v) is 8.05. The Morgan fingerprint density at radius 1 is 0.341 bits per heavy atom. The predicted octanol–water partition coefficient (Wildman–Crippen LogP) is -5.64. The van der Waals surface area contributed by atoms with Crippen molar-refractivity contribution in [2.24, 2.45) is 0 Å². The molecule has 240 valence electrons. The van der Waals surface area contributed by atoms with Crippen molar-refractivity contribution in [2.75, 3.05) is 0 Å². The van der Waals surface area contributed by atoms with Gasteiger partial charge in [0, 0.05) is 0 Å². The molecular formula is C24H42O17. The molecule has 10 N–H and O–H groups in total. The second-order valence-electron chi connectivity index (χ2n) is 11.1. The maximum absolute atomic E-state index is 11.1. The van der Waals surface area contributed by atoms with E-state index in [0.717, 1.165) is 0 Å². The highest BCUT2D eigenvalue weighted by molar-refractivity contribution is 4.96. The molecule has 0 aromatic heterocycles. The first-order chi connectivity index (χ1) is 19.1. The highest BCUT2D eigenvalue weighted by Crippen LogP contribution is 2.34. The zero-order chi connectivity index (χ0) is 30.5. The van der Waals surface area contributed by atoms with Crippen LogP contribution in [0.1, 0.15) is 27.7 Å². The molecule has 17 heteroatoms. The number of hydrogen-bond acceptors (Lipinski definition) is 17. The van der Waals surface area contributed by atoms with E-state index in [-0.39, 0.29) is 0 Å². The van der Waals surface area contributed by atoms with Gasteiger partial charge in [-0.05, 0) is 27.7 Å². The lowest BCUT2D eigenvalue weighted by atomic mass is 9.96. The average molecular weight is 603 g/mol. The molecule has 0 saturated carbocycles. The van der Waals surface area contributed by atoms with Crippen LogP contribution in [0.5, 0.6) is 0 Å². The lowest BCUT2D eigenvalue weighted by molar-refractivity contribution is -0.392. The molecule has 4 saturated heterocycles. The Kier molecular flexibility index (Phi) is 10.6. The summed E-state index contributed by atoms with van der Waals surface area (Å²) >= 11 is 0. The summed E-state index contributed by atoms with van der Waals surface area (Å²) in [5.74, 6) is 0. The molecule has 0 aromatic rings. The van der Waals surface area contributed by atoms with Gasteiger partial charge in [0.25, 0.3) is 0 Å². The van der Waals surface area contributed by atoms with E-state index in [2.05, 4.69) is 0 Å². The zero-order valence-electron chi connectivity index (χ0n) is 22.9. The minimum atomic E-state index is -1.81.